The molecule has 1 aliphatic carbocycles. The summed E-state index contributed by atoms with van der Waals surface area (Å²) in [6.45, 7) is 0. The van der Waals surface area contributed by atoms with Crippen LogP contribution in [0.25, 0.3) is 71.6 Å². The van der Waals surface area contributed by atoms with E-state index in [4.69, 9.17) is 19.1 Å². The number of benzene rings is 5. The standard InChI is InChI=1S/C43H23N3O2.Pt/c1-2-13-31-28(11-1)29-19-18-27(24-34(29)38(31)35-16-5-6-21-44-35)47-26-10-7-9-25(23-26)40-39-37(20-22-45-40)48-43-33-15-8-14-32-30-12-3-4-17-36(30)46(41(32)33)42(39)43;/h1-22,38H;/q-2;+2. The summed E-state index contributed by atoms with van der Waals surface area (Å²) < 4.78 is 15.4. The average molecular weight is 809 g/mol. The molecule has 0 bridgehead atoms. The summed E-state index contributed by atoms with van der Waals surface area (Å²) in [7, 11) is 0. The largest absolute Gasteiger partial charge is 2.00 e. The van der Waals surface area contributed by atoms with Crippen LogP contribution in [0, 0.1) is 12.1 Å². The zero-order chi connectivity index (χ0) is 31.3. The third kappa shape index (κ3) is 3.97. The van der Waals surface area contributed by atoms with Gasteiger partial charge in [0.25, 0.3) is 0 Å². The second-order valence-corrected chi connectivity index (χ2v) is 12.3. The fourth-order valence-electron chi connectivity index (χ4n) is 7.84. The Hall–Kier alpha value is -5.77. The van der Waals surface area contributed by atoms with E-state index in [1.807, 2.05) is 48.7 Å². The molecule has 1 unspecified atom stereocenters. The Morgan fingerprint density at radius 1 is 0.633 bits per heavy atom. The Labute approximate surface area is 295 Å². The van der Waals surface area contributed by atoms with E-state index in [0.29, 0.717) is 11.5 Å². The molecule has 5 aromatic carbocycles. The van der Waals surface area contributed by atoms with Crippen molar-refractivity contribution in [2.45, 2.75) is 5.92 Å². The van der Waals surface area contributed by atoms with Crippen LogP contribution >= 0.6 is 0 Å². The van der Waals surface area contributed by atoms with Gasteiger partial charge in [0.15, 0.2) is 5.58 Å². The number of pyridine rings is 2. The van der Waals surface area contributed by atoms with E-state index in [0.717, 1.165) is 61.1 Å². The zero-order valence-electron chi connectivity index (χ0n) is 25.8. The van der Waals surface area contributed by atoms with Gasteiger partial charge >= 0.3 is 21.1 Å². The van der Waals surface area contributed by atoms with Crippen molar-refractivity contribution in [2.75, 3.05) is 0 Å². The molecule has 1 atom stereocenters. The van der Waals surface area contributed by atoms with E-state index in [1.54, 1.807) is 6.20 Å². The molecule has 6 heteroatoms. The van der Waals surface area contributed by atoms with E-state index in [1.165, 1.54) is 27.4 Å². The van der Waals surface area contributed by atoms with Crippen LogP contribution in [0.3, 0.4) is 0 Å². The van der Waals surface area contributed by atoms with Gasteiger partial charge in [0.1, 0.15) is 5.58 Å². The Bertz CT molecular complexity index is 2890. The minimum Gasteiger partial charge on any atom is -0.503 e. The monoisotopic (exact) mass is 808 g/mol. The van der Waals surface area contributed by atoms with Gasteiger partial charge in [-0.1, -0.05) is 72.3 Å². The summed E-state index contributed by atoms with van der Waals surface area (Å²) >= 11 is 0. The van der Waals surface area contributed by atoms with Crippen molar-refractivity contribution in [1.82, 2.24) is 14.4 Å². The number of ether oxygens (including phenoxy) is 1. The van der Waals surface area contributed by atoms with Gasteiger partial charge in [-0.15, -0.1) is 47.0 Å². The second kappa shape index (κ2) is 10.6. The van der Waals surface area contributed by atoms with E-state index >= 15 is 0 Å². The van der Waals surface area contributed by atoms with Crippen molar-refractivity contribution < 1.29 is 30.2 Å². The molecular weight excluding hydrogens is 786 g/mol. The van der Waals surface area contributed by atoms with Gasteiger partial charge in [-0.25, -0.2) is 0 Å². The maximum atomic E-state index is 6.58. The van der Waals surface area contributed by atoms with E-state index < -0.39 is 0 Å². The van der Waals surface area contributed by atoms with Crippen LogP contribution in [0.2, 0.25) is 0 Å². The molecule has 0 amide bonds. The third-order valence-electron chi connectivity index (χ3n) is 9.77. The van der Waals surface area contributed by atoms with Gasteiger partial charge in [-0.3, -0.25) is 4.98 Å². The number of hydrogen-bond acceptors (Lipinski definition) is 4. The van der Waals surface area contributed by atoms with Crippen molar-refractivity contribution >= 4 is 49.3 Å². The minimum atomic E-state index is -0.0124. The van der Waals surface area contributed by atoms with Crippen LogP contribution in [-0.2, 0) is 21.1 Å². The number of para-hydroxylation sites is 2. The first-order chi connectivity index (χ1) is 23.8. The van der Waals surface area contributed by atoms with Crippen molar-refractivity contribution in [1.29, 1.82) is 0 Å². The molecule has 0 fully saturated rings. The molecule has 0 saturated heterocycles. The molecule has 0 aliphatic heterocycles. The third-order valence-corrected chi connectivity index (χ3v) is 9.77. The van der Waals surface area contributed by atoms with Crippen LogP contribution in [0.5, 0.6) is 11.5 Å². The van der Waals surface area contributed by atoms with Gasteiger partial charge in [0.2, 0.25) is 0 Å². The molecule has 232 valence electrons. The van der Waals surface area contributed by atoms with E-state index in [2.05, 4.69) is 95.4 Å². The van der Waals surface area contributed by atoms with Gasteiger partial charge in [0.05, 0.1) is 22.2 Å². The quantitative estimate of drug-likeness (QED) is 0.166. The summed E-state index contributed by atoms with van der Waals surface area (Å²) in [6, 6.07) is 48.7. The SMILES string of the molecule is [Pt+2].[c-]1c(Oc2[c-]c3c(cc2)-c2ccccc2C3c2ccccn2)cccc1-c1nccc2oc3c4cccc5c6ccccc6n(c54)c3c12. The zero-order valence-corrected chi connectivity index (χ0v) is 28.0. The average Bonchev–Trinajstić information content (AvgIpc) is 3.87. The Kier molecular flexibility index (Phi) is 6.12. The van der Waals surface area contributed by atoms with Gasteiger partial charge in [-0.2, -0.15) is 6.07 Å². The first-order valence-electron chi connectivity index (χ1n) is 16.0. The molecule has 0 saturated carbocycles. The summed E-state index contributed by atoms with van der Waals surface area (Å²) in [6.07, 6.45) is 3.65. The number of fused-ring (bicyclic) bond motifs is 11. The molecule has 49 heavy (non-hydrogen) atoms. The molecule has 0 radical (unpaired) electrons. The maximum absolute atomic E-state index is 6.58. The van der Waals surface area contributed by atoms with Crippen LogP contribution in [0.1, 0.15) is 22.7 Å². The second-order valence-electron chi connectivity index (χ2n) is 12.3. The smallest absolute Gasteiger partial charge is 0.503 e. The van der Waals surface area contributed by atoms with Gasteiger partial charge < -0.3 is 18.5 Å². The number of furan rings is 1. The molecule has 5 aromatic heterocycles. The normalized spacial score (nSPS) is 13.8. The predicted octanol–water partition coefficient (Wildman–Crippen LogP) is 10.6. The Morgan fingerprint density at radius 2 is 1.45 bits per heavy atom. The molecule has 0 N–H and O–H groups in total. The molecule has 5 heterocycles. The van der Waals surface area contributed by atoms with E-state index in [9.17, 15) is 0 Å². The van der Waals surface area contributed by atoms with Crippen molar-refractivity contribution in [3.05, 3.63) is 163 Å². The fourth-order valence-corrected chi connectivity index (χ4v) is 7.84. The van der Waals surface area contributed by atoms with E-state index in [-0.39, 0.29) is 27.0 Å². The molecule has 1 aliphatic rings. The van der Waals surface area contributed by atoms with Crippen LogP contribution in [-0.4, -0.2) is 14.4 Å². The number of aromatic nitrogens is 3. The molecule has 0 spiro atoms. The van der Waals surface area contributed by atoms with Crippen LogP contribution in [0.4, 0.5) is 0 Å². The number of hydrogen-bond donors (Lipinski definition) is 0. The maximum Gasteiger partial charge on any atom is 2.00 e. The summed E-state index contributed by atoms with van der Waals surface area (Å²) in [5, 5.41) is 4.50. The summed E-state index contributed by atoms with van der Waals surface area (Å²) in [5.74, 6) is 1.20. The first-order valence-corrected chi connectivity index (χ1v) is 16.0. The van der Waals surface area contributed by atoms with Crippen LogP contribution in [0.15, 0.2) is 138 Å². The predicted molar refractivity (Wildman–Crippen MR) is 189 cm³/mol. The first kappa shape index (κ1) is 28.3. The summed E-state index contributed by atoms with van der Waals surface area (Å²) in [5.41, 5.74) is 12.3. The Morgan fingerprint density at radius 3 is 2.39 bits per heavy atom. The van der Waals surface area contributed by atoms with Crippen molar-refractivity contribution in [2.24, 2.45) is 0 Å². The van der Waals surface area contributed by atoms with Crippen molar-refractivity contribution in [3.63, 3.8) is 0 Å². The minimum absolute atomic E-state index is 0. The molecular formula is C43H23N3O2Pt. The van der Waals surface area contributed by atoms with Crippen LogP contribution < -0.4 is 4.74 Å². The van der Waals surface area contributed by atoms with Gasteiger partial charge in [0, 0.05) is 57.0 Å². The number of rotatable bonds is 4. The molecule has 11 rings (SSSR count). The number of nitrogens with zero attached hydrogens (tertiary/aromatic N) is 3. The van der Waals surface area contributed by atoms with Gasteiger partial charge in [-0.05, 0) is 35.9 Å². The molecule has 10 aromatic rings. The Balaban J connectivity index is 0.00000306. The fraction of sp³-hybridized carbons (Fsp3) is 0.0233. The molecule has 5 nitrogen and oxygen atoms in total. The topological polar surface area (TPSA) is 52.6 Å². The summed E-state index contributed by atoms with van der Waals surface area (Å²) in [4.78, 5) is 9.62. The van der Waals surface area contributed by atoms with Crippen molar-refractivity contribution in [3.8, 4) is 33.9 Å².